The van der Waals surface area contributed by atoms with Crippen molar-refractivity contribution in [2.45, 2.75) is 12.5 Å². The Morgan fingerprint density at radius 1 is 1.20 bits per heavy atom. The molecule has 4 heterocycles. The zero-order valence-corrected chi connectivity index (χ0v) is 12.3. The Morgan fingerprint density at radius 2 is 2.10 bits per heavy atom. The fourth-order valence-electron chi connectivity index (χ4n) is 3.31. The van der Waals surface area contributed by atoms with Gasteiger partial charge in [0.1, 0.15) is 5.82 Å². The van der Waals surface area contributed by atoms with Crippen LogP contribution in [0.2, 0.25) is 0 Å². The lowest BCUT2D eigenvalue weighted by molar-refractivity contribution is 0.0209. The highest BCUT2D eigenvalue weighted by Gasteiger charge is 2.29. The van der Waals surface area contributed by atoms with Crippen LogP contribution in [0.25, 0.3) is 10.1 Å². The molecule has 2 aliphatic rings. The average molecular weight is 289 g/mol. The van der Waals surface area contributed by atoms with Gasteiger partial charge in [-0.15, -0.1) is 11.3 Å². The maximum absolute atomic E-state index is 5.45. The summed E-state index contributed by atoms with van der Waals surface area (Å²) in [5, 5.41) is 3.46. The van der Waals surface area contributed by atoms with E-state index in [9.17, 15) is 0 Å². The van der Waals surface area contributed by atoms with Crippen LogP contribution in [0.3, 0.4) is 0 Å². The third-order valence-corrected chi connectivity index (χ3v) is 5.27. The van der Waals surface area contributed by atoms with Gasteiger partial charge < -0.3 is 9.64 Å². The molecular formula is C15H19N3OS. The fraction of sp³-hybridized carbons (Fsp3) is 0.533. The van der Waals surface area contributed by atoms with Crippen LogP contribution in [0.4, 0.5) is 5.82 Å². The summed E-state index contributed by atoms with van der Waals surface area (Å²) in [5.74, 6) is 1.17. The number of hydrogen-bond acceptors (Lipinski definition) is 5. The number of nitrogens with zero attached hydrogens (tertiary/aromatic N) is 3. The summed E-state index contributed by atoms with van der Waals surface area (Å²) >= 11 is 1.80. The molecule has 20 heavy (non-hydrogen) atoms. The Hall–Kier alpha value is -1.17. The van der Waals surface area contributed by atoms with Crippen molar-refractivity contribution in [3.63, 3.8) is 0 Å². The minimum atomic E-state index is 0.662. The summed E-state index contributed by atoms with van der Waals surface area (Å²) in [5.41, 5.74) is 0. The second kappa shape index (κ2) is 5.31. The van der Waals surface area contributed by atoms with Crippen LogP contribution < -0.4 is 4.90 Å². The van der Waals surface area contributed by atoms with Gasteiger partial charge in [0.2, 0.25) is 0 Å². The molecule has 2 aliphatic heterocycles. The van der Waals surface area contributed by atoms with Crippen molar-refractivity contribution < 1.29 is 4.74 Å². The molecule has 0 saturated carbocycles. The van der Waals surface area contributed by atoms with Crippen molar-refractivity contribution in [2.75, 3.05) is 44.3 Å². The van der Waals surface area contributed by atoms with Gasteiger partial charge in [-0.05, 0) is 23.9 Å². The molecule has 1 atom stereocenters. The Bertz CT molecular complexity index is 594. The molecule has 4 nitrogen and oxygen atoms in total. The lowest BCUT2D eigenvalue weighted by Crippen LogP contribution is -2.44. The van der Waals surface area contributed by atoms with Crippen LogP contribution in [0.5, 0.6) is 0 Å². The van der Waals surface area contributed by atoms with Crippen molar-refractivity contribution in [3.05, 3.63) is 23.7 Å². The first-order valence-corrected chi connectivity index (χ1v) is 8.19. The van der Waals surface area contributed by atoms with Crippen LogP contribution in [0, 0.1) is 0 Å². The number of pyridine rings is 1. The van der Waals surface area contributed by atoms with E-state index in [-0.39, 0.29) is 0 Å². The van der Waals surface area contributed by atoms with E-state index >= 15 is 0 Å². The smallest absolute Gasteiger partial charge is 0.137 e. The molecule has 0 N–H and O–H groups in total. The summed E-state index contributed by atoms with van der Waals surface area (Å²) in [4.78, 5) is 9.66. The van der Waals surface area contributed by atoms with Gasteiger partial charge in [0, 0.05) is 48.5 Å². The van der Waals surface area contributed by atoms with Crippen LogP contribution in [0.15, 0.2) is 23.7 Å². The summed E-state index contributed by atoms with van der Waals surface area (Å²) in [6.07, 6.45) is 3.18. The maximum atomic E-state index is 5.45. The van der Waals surface area contributed by atoms with Gasteiger partial charge in [-0.2, -0.15) is 0 Å². The highest BCUT2D eigenvalue weighted by atomic mass is 32.1. The second-order valence-corrected chi connectivity index (χ2v) is 6.45. The normalized spacial score (nSPS) is 24.6. The minimum absolute atomic E-state index is 0.662. The van der Waals surface area contributed by atoms with Crippen molar-refractivity contribution in [2.24, 2.45) is 0 Å². The van der Waals surface area contributed by atoms with E-state index in [0.717, 1.165) is 39.4 Å². The molecule has 0 spiro atoms. The zero-order valence-electron chi connectivity index (χ0n) is 11.5. The Labute approximate surface area is 123 Å². The molecule has 5 heteroatoms. The highest BCUT2D eigenvalue weighted by Crippen LogP contribution is 2.31. The third kappa shape index (κ3) is 2.20. The van der Waals surface area contributed by atoms with E-state index in [1.54, 1.807) is 11.3 Å². The first-order chi connectivity index (χ1) is 9.92. The largest absolute Gasteiger partial charge is 0.379 e. The molecule has 4 rings (SSSR count). The molecule has 2 aromatic rings. The van der Waals surface area contributed by atoms with Crippen molar-refractivity contribution in [1.82, 2.24) is 9.88 Å². The lowest BCUT2D eigenvalue weighted by Gasteiger charge is -2.32. The lowest BCUT2D eigenvalue weighted by atomic mass is 10.2. The molecule has 106 valence electrons. The van der Waals surface area contributed by atoms with Gasteiger partial charge in [0.15, 0.2) is 0 Å². The van der Waals surface area contributed by atoms with Gasteiger partial charge in [-0.25, -0.2) is 4.98 Å². The summed E-state index contributed by atoms with van der Waals surface area (Å²) < 4.78 is 6.79. The number of ether oxygens (including phenoxy) is 1. The van der Waals surface area contributed by atoms with Crippen molar-refractivity contribution in [1.29, 1.82) is 0 Å². The summed E-state index contributed by atoms with van der Waals surface area (Å²) in [7, 11) is 0. The van der Waals surface area contributed by atoms with E-state index in [4.69, 9.17) is 4.74 Å². The summed E-state index contributed by atoms with van der Waals surface area (Å²) in [6.45, 7) is 6.14. The number of hydrogen-bond donors (Lipinski definition) is 0. The van der Waals surface area contributed by atoms with Crippen molar-refractivity contribution in [3.8, 4) is 0 Å². The van der Waals surface area contributed by atoms with E-state index in [0.29, 0.717) is 6.04 Å². The molecule has 0 aliphatic carbocycles. The molecule has 2 saturated heterocycles. The predicted octanol–water partition coefficient (Wildman–Crippen LogP) is 2.21. The van der Waals surface area contributed by atoms with Crippen LogP contribution in [-0.2, 0) is 4.74 Å². The van der Waals surface area contributed by atoms with Gasteiger partial charge in [0.05, 0.1) is 13.2 Å². The molecule has 2 aromatic heterocycles. The second-order valence-electron chi connectivity index (χ2n) is 5.50. The van der Waals surface area contributed by atoms with E-state index < -0.39 is 0 Å². The third-order valence-electron chi connectivity index (χ3n) is 4.38. The number of fused-ring (bicyclic) bond motifs is 1. The van der Waals surface area contributed by atoms with Gasteiger partial charge >= 0.3 is 0 Å². The van der Waals surface area contributed by atoms with Gasteiger partial charge in [-0.3, -0.25) is 4.90 Å². The molecule has 1 unspecified atom stereocenters. The fourth-order valence-corrected chi connectivity index (χ4v) is 4.08. The molecule has 2 fully saturated rings. The first-order valence-electron chi connectivity index (χ1n) is 7.31. The predicted molar refractivity (Wildman–Crippen MR) is 82.6 cm³/mol. The number of morpholine rings is 1. The van der Waals surface area contributed by atoms with Crippen LogP contribution >= 0.6 is 11.3 Å². The van der Waals surface area contributed by atoms with Crippen LogP contribution in [0.1, 0.15) is 6.42 Å². The Morgan fingerprint density at radius 3 is 3.00 bits per heavy atom. The molecule has 0 aromatic carbocycles. The van der Waals surface area contributed by atoms with E-state index in [1.807, 2.05) is 6.20 Å². The van der Waals surface area contributed by atoms with Gasteiger partial charge in [-0.1, -0.05) is 0 Å². The SMILES string of the molecule is c1cc2sccc2c(N2CCC(N3CCOCC3)C2)n1. The van der Waals surface area contributed by atoms with E-state index in [1.165, 1.54) is 22.3 Å². The Kier molecular flexibility index (Phi) is 3.34. The topological polar surface area (TPSA) is 28.6 Å². The van der Waals surface area contributed by atoms with E-state index in [2.05, 4.69) is 32.3 Å². The van der Waals surface area contributed by atoms with Crippen LogP contribution in [-0.4, -0.2) is 55.3 Å². The summed E-state index contributed by atoms with van der Waals surface area (Å²) in [6, 6.07) is 4.97. The minimum Gasteiger partial charge on any atom is -0.379 e. The monoisotopic (exact) mass is 289 g/mol. The number of thiophene rings is 1. The molecule has 0 amide bonds. The zero-order chi connectivity index (χ0) is 13.4. The standard InChI is InChI=1S/C15H19N3OS/c1-4-16-15(13-3-10-20-14(1)13)18-5-2-12(11-18)17-6-8-19-9-7-17/h1,3-4,10,12H,2,5-9,11H2. The van der Waals surface area contributed by atoms with Crippen molar-refractivity contribution >= 4 is 27.2 Å². The van der Waals surface area contributed by atoms with Gasteiger partial charge in [0.25, 0.3) is 0 Å². The number of rotatable bonds is 2. The molecular weight excluding hydrogens is 270 g/mol. The maximum Gasteiger partial charge on any atom is 0.137 e. The first kappa shape index (κ1) is 12.6. The molecule has 0 radical (unpaired) electrons. The number of aromatic nitrogens is 1. The molecule has 0 bridgehead atoms. The quantitative estimate of drug-likeness (QED) is 0.847. The highest BCUT2D eigenvalue weighted by molar-refractivity contribution is 7.17. The number of anilines is 1. The Balaban J connectivity index is 1.54. The average Bonchev–Trinajstić information content (AvgIpc) is 3.17.